The molecule has 0 radical (unpaired) electrons. The summed E-state index contributed by atoms with van der Waals surface area (Å²) in [7, 11) is 0. The van der Waals surface area contributed by atoms with E-state index in [1.807, 2.05) is 32.9 Å². The van der Waals surface area contributed by atoms with Crippen LogP contribution in [0.15, 0.2) is 30.6 Å². The van der Waals surface area contributed by atoms with E-state index in [-0.39, 0.29) is 23.4 Å². The molecule has 0 saturated carbocycles. The van der Waals surface area contributed by atoms with Crippen LogP contribution in [0, 0.1) is 17.0 Å². The van der Waals surface area contributed by atoms with Gasteiger partial charge in [0.2, 0.25) is 5.82 Å². The summed E-state index contributed by atoms with van der Waals surface area (Å²) in [6.07, 6.45) is 1.24. The first-order chi connectivity index (χ1) is 9.97. The molecule has 0 aliphatic heterocycles. The third-order valence-corrected chi connectivity index (χ3v) is 2.63. The van der Waals surface area contributed by atoms with E-state index in [0.717, 1.165) is 5.56 Å². The second-order valence-electron chi connectivity index (χ2n) is 4.85. The molecule has 7 heteroatoms. The molecule has 7 nitrogen and oxygen atoms in total. The average molecular weight is 288 g/mol. The molecule has 0 fully saturated rings. The number of aromatic nitrogens is 2. The van der Waals surface area contributed by atoms with E-state index in [4.69, 9.17) is 4.74 Å². The molecular formula is C14H16N4O3. The minimum absolute atomic E-state index is 0.00539. The molecule has 110 valence electrons. The van der Waals surface area contributed by atoms with Crippen molar-refractivity contribution < 1.29 is 9.66 Å². The number of benzene rings is 1. The van der Waals surface area contributed by atoms with E-state index in [1.165, 1.54) is 6.33 Å². The van der Waals surface area contributed by atoms with E-state index in [1.54, 1.807) is 12.1 Å². The topological polar surface area (TPSA) is 90.2 Å². The van der Waals surface area contributed by atoms with Gasteiger partial charge in [-0.1, -0.05) is 17.7 Å². The number of nitrogens with zero attached hydrogens (tertiary/aromatic N) is 3. The summed E-state index contributed by atoms with van der Waals surface area (Å²) in [6, 6.07) is 7.18. The molecule has 1 aromatic carbocycles. The van der Waals surface area contributed by atoms with Gasteiger partial charge in [0.25, 0.3) is 0 Å². The standard InChI is InChI=1S/C14H16N4O3/c1-9(2)17-13-12(18(19)20)14(16-8-15-13)21-11-6-4-10(3)5-7-11/h4-9H,1-3H3,(H,15,16,17). The summed E-state index contributed by atoms with van der Waals surface area (Å²) in [5.41, 5.74) is 0.800. The largest absolute Gasteiger partial charge is 0.434 e. The van der Waals surface area contributed by atoms with Gasteiger partial charge in [0.1, 0.15) is 12.1 Å². The summed E-state index contributed by atoms with van der Waals surface area (Å²) in [4.78, 5) is 18.5. The number of aryl methyl sites for hydroxylation is 1. The van der Waals surface area contributed by atoms with Crippen LogP contribution in [-0.4, -0.2) is 20.9 Å². The Hall–Kier alpha value is -2.70. The van der Waals surface area contributed by atoms with Gasteiger partial charge in [-0.3, -0.25) is 10.1 Å². The average Bonchev–Trinajstić information content (AvgIpc) is 2.40. The summed E-state index contributed by atoms with van der Waals surface area (Å²) in [5, 5.41) is 14.2. The Morgan fingerprint density at radius 3 is 2.48 bits per heavy atom. The predicted molar refractivity (Wildman–Crippen MR) is 78.7 cm³/mol. The van der Waals surface area contributed by atoms with E-state index < -0.39 is 4.92 Å². The van der Waals surface area contributed by atoms with E-state index in [2.05, 4.69) is 15.3 Å². The third kappa shape index (κ3) is 3.65. The van der Waals surface area contributed by atoms with E-state index >= 15 is 0 Å². The molecule has 0 unspecified atom stereocenters. The van der Waals surface area contributed by atoms with Gasteiger partial charge in [0.05, 0.1) is 4.92 Å². The zero-order valence-electron chi connectivity index (χ0n) is 12.0. The Morgan fingerprint density at radius 1 is 1.24 bits per heavy atom. The zero-order chi connectivity index (χ0) is 15.4. The van der Waals surface area contributed by atoms with Crippen LogP contribution in [0.2, 0.25) is 0 Å². The molecular weight excluding hydrogens is 272 g/mol. The fourth-order valence-electron chi connectivity index (χ4n) is 1.70. The fourth-order valence-corrected chi connectivity index (χ4v) is 1.70. The normalized spacial score (nSPS) is 10.5. The van der Waals surface area contributed by atoms with E-state index in [9.17, 15) is 10.1 Å². The van der Waals surface area contributed by atoms with Gasteiger partial charge >= 0.3 is 11.6 Å². The number of anilines is 1. The first-order valence-corrected chi connectivity index (χ1v) is 6.48. The Labute approximate surface area is 122 Å². The number of hydrogen-bond acceptors (Lipinski definition) is 6. The maximum absolute atomic E-state index is 11.3. The highest BCUT2D eigenvalue weighted by Crippen LogP contribution is 2.34. The van der Waals surface area contributed by atoms with Crippen molar-refractivity contribution in [2.45, 2.75) is 26.8 Å². The van der Waals surface area contributed by atoms with Crippen molar-refractivity contribution in [1.29, 1.82) is 0 Å². The molecule has 0 amide bonds. The van der Waals surface area contributed by atoms with Crippen LogP contribution in [0.5, 0.6) is 11.6 Å². The first kappa shape index (κ1) is 14.7. The van der Waals surface area contributed by atoms with Crippen molar-refractivity contribution in [2.75, 3.05) is 5.32 Å². The monoisotopic (exact) mass is 288 g/mol. The molecule has 0 saturated heterocycles. The van der Waals surface area contributed by atoms with Crippen LogP contribution in [0.25, 0.3) is 0 Å². The molecule has 21 heavy (non-hydrogen) atoms. The zero-order valence-corrected chi connectivity index (χ0v) is 12.0. The van der Waals surface area contributed by atoms with E-state index in [0.29, 0.717) is 5.75 Å². The van der Waals surface area contributed by atoms with Gasteiger partial charge in [0.15, 0.2) is 0 Å². The van der Waals surface area contributed by atoms with Gasteiger partial charge in [-0.05, 0) is 32.9 Å². The molecule has 2 rings (SSSR count). The SMILES string of the molecule is Cc1ccc(Oc2ncnc(NC(C)C)c2[N+](=O)[O-])cc1. The molecule has 0 spiro atoms. The number of ether oxygens (including phenoxy) is 1. The van der Waals surface area contributed by atoms with Crippen LogP contribution < -0.4 is 10.1 Å². The van der Waals surface area contributed by atoms with Crippen LogP contribution in [0.4, 0.5) is 11.5 Å². The van der Waals surface area contributed by atoms with Gasteiger partial charge < -0.3 is 10.1 Å². The van der Waals surface area contributed by atoms with Gasteiger partial charge in [-0.15, -0.1) is 0 Å². The highest BCUT2D eigenvalue weighted by atomic mass is 16.6. The minimum atomic E-state index is -0.547. The second kappa shape index (κ2) is 6.17. The van der Waals surface area contributed by atoms with Crippen LogP contribution in [0.3, 0.4) is 0 Å². The Balaban J connectivity index is 2.38. The van der Waals surface area contributed by atoms with Crippen LogP contribution >= 0.6 is 0 Å². The molecule has 0 atom stereocenters. The predicted octanol–water partition coefficient (Wildman–Crippen LogP) is 3.31. The highest BCUT2D eigenvalue weighted by Gasteiger charge is 2.25. The van der Waals surface area contributed by atoms with Crippen LogP contribution in [0.1, 0.15) is 19.4 Å². The molecule has 1 aromatic heterocycles. The molecule has 1 heterocycles. The van der Waals surface area contributed by atoms with Crippen molar-refractivity contribution in [3.8, 4) is 11.6 Å². The number of hydrogen-bond donors (Lipinski definition) is 1. The second-order valence-corrected chi connectivity index (χ2v) is 4.85. The van der Waals surface area contributed by atoms with Gasteiger partial charge in [-0.2, -0.15) is 4.98 Å². The molecule has 2 aromatic rings. The highest BCUT2D eigenvalue weighted by molar-refractivity contribution is 5.62. The number of nitrogens with one attached hydrogen (secondary N) is 1. The Bertz CT molecular complexity index is 641. The van der Waals surface area contributed by atoms with Crippen LogP contribution in [-0.2, 0) is 0 Å². The Morgan fingerprint density at radius 2 is 1.90 bits per heavy atom. The minimum Gasteiger partial charge on any atom is -0.434 e. The summed E-state index contributed by atoms with van der Waals surface area (Å²) in [5.74, 6) is 0.548. The molecule has 0 aliphatic rings. The van der Waals surface area contributed by atoms with Crippen molar-refractivity contribution in [3.63, 3.8) is 0 Å². The summed E-state index contributed by atoms with van der Waals surface area (Å²) in [6.45, 7) is 5.68. The van der Waals surface area contributed by atoms with Gasteiger partial charge in [0, 0.05) is 6.04 Å². The smallest absolute Gasteiger partial charge is 0.373 e. The molecule has 0 aliphatic carbocycles. The van der Waals surface area contributed by atoms with Crippen molar-refractivity contribution >= 4 is 11.5 Å². The lowest BCUT2D eigenvalue weighted by atomic mass is 10.2. The quantitative estimate of drug-likeness (QED) is 0.670. The lowest BCUT2D eigenvalue weighted by Gasteiger charge is -2.11. The fraction of sp³-hybridized carbons (Fsp3) is 0.286. The lowest BCUT2D eigenvalue weighted by molar-refractivity contribution is -0.385. The number of nitro groups is 1. The maximum Gasteiger partial charge on any atom is 0.373 e. The first-order valence-electron chi connectivity index (χ1n) is 6.48. The maximum atomic E-state index is 11.3. The third-order valence-electron chi connectivity index (χ3n) is 2.63. The van der Waals surface area contributed by atoms with Crippen molar-refractivity contribution in [1.82, 2.24) is 9.97 Å². The Kier molecular flexibility index (Phi) is 4.32. The van der Waals surface area contributed by atoms with Gasteiger partial charge in [-0.25, -0.2) is 4.98 Å². The van der Waals surface area contributed by atoms with Crippen molar-refractivity contribution in [3.05, 3.63) is 46.3 Å². The van der Waals surface area contributed by atoms with Crippen molar-refractivity contribution in [2.24, 2.45) is 0 Å². The lowest BCUT2D eigenvalue weighted by Crippen LogP contribution is -2.13. The molecule has 0 bridgehead atoms. The summed E-state index contributed by atoms with van der Waals surface area (Å²) < 4.78 is 5.52. The summed E-state index contributed by atoms with van der Waals surface area (Å²) >= 11 is 0. The molecule has 1 N–H and O–H groups in total. The number of rotatable bonds is 5.